The quantitative estimate of drug-likeness (QED) is 0.712. The molecule has 0 saturated carbocycles. The van der Waals surface area contributed by atoms with E-state index in [9.17, 15) is 4.79 Å². The van der Waals surface area contributed by atoms with Crippen molar-refractivity contribution in [2.75, 3.05) is 0 Å². The molecule has 13 heavy (non-hydrogen) atoms. The van der Waals surface area contributed by atoms with E-state index in [1.807, 2.05) is 20.8 Å². The molecule has 0 aromatic heterocycles. The fraction of sp³-hybridized carbons (Fsp3) is 0.667. The van der Waals surface area contributed by atoms with Crippen molar-refractivity contribution in [2.24, 2.45) is 5.73 Å². The Morgan fingerprint density at radius 1 is 1.77 bits per heavy atom. The molecule has 0 aromatic carbocycles. The van der Waals surface area contributed by atoms with Gasteiger partial charge in [0.25, 0.3) is 0 Å². The topological polar surface area (TPSA) is 63.3 Å². The highest BCUT2D eigenvalue weighted by Crippen LogP contribution is 2.47. The second-order valence-electron chi connectivity index (χ2n) is 3.47. The minimum absolute atomic E-state index is 0.0901. The number of thioether (sulfide) groups is 1. The number of aliphatic carboxylic acids is 1. The van der Waals surface area contributed by atoms with Gasteiger partial charge in [0, 0.05) is 4.75 Å². The zero-order chi connectivity index (χ0) is 10.2. The number of rotatable bonds is 2. The molecule has 2 unspecified atom stereocenters. The maximum absolute atomic E-state index is 10.9. The van der Waals surface area contributed by atoms with Gasteiger partial charge in [0.15, 0.2) is 0 Å². The van der Waals surface area contributed by atoms with E-state index in [4.69, 9.17) is 10.8 Å². The Labute approximate surface area is 82.4 Å². The van der Waals surface area contributed by atoms with Gasteiger partial charge in [-0.3, -0.25) is 0 Å². The van der Waals surface area contributed by atoms with Crippen LogP contribution in [0.4, 0.5) is 0 Å². The number of carboxylic acids is 1. The first kappa shape index (κ1) is 10.6. The molecule has 4 heteroatoms. The summed E-state index contributed by atoms with van der Waals surface area (Å²) >= 11 is 1.54. The lowest BCUT2D eigenvalue weighted by Gasteiger charge is -2.23. The summed E-state index contributed by atoms with van der Waals surface area (Å²) in [6.07, 6.45) is 0.911. The number of hydrogen-bond acceptors (Lipinski definition) is 3. The monoisotopic (exact) mass is 201 g/mol. The molecule has 0 saturated heterocycles. The first-order chi connectivity index (χ1) is 5.92. The van der Waals surface area contributed by atoms with Gasteiger partial charge < -0.3 is 10.8 Å². The summed E-state index contributed by atoms with van der Waals surface area (Å²) in [6.45, 7) is 5.96. The predicted octanol–water partition coefficient (Wildman–Crippen LogP) is 1.59. The van der Waals surface area contributed by atoms with E-state index >= 15 is 0 Å². The molecule has 3 nitrogen and oxygen atoms in total. The molecule has 0 fully saturated rings. The molecule has 0 aliphatic carbocycles. The van der Waals surface area contributed by atoms with Crippen molar-refractivity contribution in [2.45, 2.75) is 37.3 Å². The van der Waals surface area contributed by atoms with Crippen molar-refractivity contribution in [3.63, 3.8) is 0 Å². The van der Waals surface area contributed by atoms with E-state index in [1.165, 1.54) is 11.8 Å². The van der Waals surface area contributed by atoms with Gasteiger partial charge in [-0.15, -0.1) is 11.8 Å². The van der Waals surface area contributed by atoms with E-state index in [0.717, 1.165) is 12.0 Å². The Bertz CT molecular complexity index is 275. The zero-order valence-electron chi connectivity index (χ0n) is 8.13. The highest BCUT2D eigenvalue weighted by Gasteiger charge is 2.40. The second-order valence-corrected chi connectivity index (χ2v) is 5.11. The third-order valence-electron chi connectivity index (χ3n) is 2.77. The van der Waals surface area contributed by atoms with Crippen molar-refractivity contribution in [3.05, 3.63) is 11.1 Å². The van der Waals surface area contributed by atoms with Gasteiger partial charge >= 0.3 is 5.97 Å². The van der Waals surface area contributed by atoms with Crippen LogP contribution in [0.3, 0.4) is 0 Å². The van der Waals surface area contributed by atoms with Gasteiger partial charge in [0.1, 0.15) is 0 Å². The average molecular weight is 201 g/mol. The van der Waals surface area contributed by atoms with Gasteiger partial charge in [0.05, 0.1) is 10.9 Å². The Morgan fingerprint density at radius 2 is 2.31 bits per heavy atom. The summed E-state index contributed by atoms with van der Waals surface area (Å²) in [7, 11) is 0. The Morgan fingerprint density at radius 3 is 2.54 bits per heavy atom. The Hall–Kier alpha value is -0.480. The van der Waals surface area contributed by atoms with Crippen molar-refractivity contribution in [1.82, 2.24) is 0 Å². The average Bonchev–Trinajstić information content (AvgIpc) is 2.24. The summed E-state index contributed by atoms with van der Waals surface area (Å²) in [5.74, 6) is -0.880. The van der Waals surface area contributed by atoms with Crippen LogP contribution in [0.1, 0.15) is 27.2 Å². The molecule has 1 aliphatic rings. The predicted molar refractivity (Wildman–Crippen MR) is 54.6 cm³/mol. The standard InChI is InChI=1S/C9H15NO2S/c1-4-9(3)5(2)6(8(11)12)7(10)13-9/h7H,4,10H2,1-3H3,(H,11,12). The maximum atomic E-state index is 10.9. The molecule has 3 N–H and O–H groups in total. The van der Waals surface area contributed by atoms with Crippen molar-refractivity contribution >= 4 is 17.7 Å². The van der Waals surface area contributed by atoms with Crippen LogP contribution >= 0.6 is 11.8 Å². The van der Waals surface area contributed by atoms with Crippen molar-refractivity contribution in [1.29, 1.82) is 0 Å². The van der Waals surface area contributed by atoms with Crippen molar-refractivity contribution < 1.29 is 9.90 Å². The summed E-state index contributed by atoms with van der Waals surface area (Å²) < 4.78 is -0.0901. The van der Waals surface area contributed by atoms with Crippen LogP contribution in [-0.4, -0.2) is 21.2 Å². The molecular weight excluding hydrogens is 186 g/mol. The summed E-state index contributed by atoms with van der Waals surface area (Å²) in [4.78, 5) is 10.9. The fourth-order valence-corrected chi connectivity index (χ4v) is 2.97. The third kappa shape index (κ3) is 1.60. The number of carbonyl (C=O) groups is 1. The van der Waals surface area contributed by atoms with Gasteiger partial charge in [-0.2, -0.15) is 0 Å². The molecular formula is C9H15NO2S. The van der Waals surface area contributed by atoms with Crippen molar-refractivity contribution in [3.8, 4) is 0 Å². The first-order valence-corrected chi connectivity index (χ1v) is 5.18. The molecule has 74 valence electrons. The lowest BCUT2D eigenvalue weighted by atomic mass is 9.94. The minimum Gasteiger partial charge on any atom is -0.478 e. The van der Waals surface area contributed by atoms with Crippen LogP contribution in [0.15, 0.2) is 11.1 Å². The minimum atomic E-state index is -0.880. The van der Waals surface area contributed by atoms with E-state index < -0.39 is 5.97 Å². The molecule has 1 heterocycles. The van der Waals surface area contributed by atoms with Crippen LogP contribution in [0.25, 0.3) is 0 Å². The normalized spacial score (nSPS) is 34.0. The highest BCUT2D eigenvalue weighted by molar-refractivity contribution is 8.01. The van der Waals surface area contributed by atoms with Crippen LogP contribution in [0.5, 0.6) is 0 Å². The Kier molecular flexibility index (Phi) is 2.73. The lowest BCUT2D eigenvalue weighted by molar-refractivity contribution is -0.132. The Balaban J connectivity index is 3.11. The maximum Gasteiger partial charge on any atom is 0.334 e. The van der Waals surface area contributed by atoms with Crippen LogP contribution < -0.4 is 5.73 Å². The molecule has 2 atom stereocenters. The largest absolute Gasteiger partial charge is 0.478 e. The SMILES string of the molecule is CCC1(C)SC(N)C(C(=O)O)=C1C. The smallest absolute Gasteiger partial charge is 0.334 e. The van der Waals surface area contributed by atoms with E-state index in [0.29, 0.717) is 5.57 Å². The van der Waals surface area contributed by atoms with Crippen LogP contribution in [0.2, 0.25) is 0 Å². The van der Waals surface area contributed by atoms with Gasteiger partial charge in [0.2, 0.25) is 0 Å². The summed E-state index contributed by atoms with van der Waals surface area (Å²) in [6, 6.07) is 0. The molecule has 0 bridgehead atoms. The fourth-order valence-electron chi connectivity index (χ4n) is 1.56. The summed E-state index contributed by atoms with van der Waals surface area (Å²) in [5, 5.41) is 8.56. The molecule has 1 aliphatic heterocycles. The molecule has 0 amide bonds. The molecule has 0 spiro atoms. The van der Waals surface area contributed by atoms with Gasteiger partial charge in [-0.05, 0) is 25.8 Å². The first-order valence-electron chi connectivity index (χ1n) is 4.30. The second kappa shape index (κ2) is 3.35. The third-order valence-corrected chi connectivity index (χ3v) is 4.38. The highest BCUT2D eigenvalue weighted by atomic mass is 32.2. The molecule has 0 aromatic rings. The molecule has 1 rings (SSSR count). The number of carboxylic acid groups (broad SMARTS) is 1. The van der Waals surface area contributed by atoms with Crippen LogP contribution in [0, 0.1) is 0 Å². The number of nitrogens with two attached hydrogens (primary N) is 1. The zero-order valence-corrected chi connectivity index (χ0v) is 8.94. The van der Waals surface area contributed by atoms with Gasteiger partial charge in [-0.25, -0.2) is 4.79 Å². The van der Waals surface area contributed by atoms with E-state index in [-0.39, 0.29) is 10.1 Å². The van der Waals surface area contributed by atoms with E-state index in [2.05, 4.69) is 0 Å². The lowest BCUT2D eigenvalue weighted by Crippen LogP contribution is -2.22. The van der Waals surface area contributed by atoms with E-state index in [1.54, 1.807) is 0 Å². The van der Waals surface area contributed by atoms with Gasteiger partial charge in [-0.1, -0.05) is 6.92 Å². The summed E-state index contributed by atoms with van der Waals surface area (Å²) in [5.41, 5.74) is 7.05. The number of hydrogen-bond donors (Lipinski definition) is 2. The van der Waals surface area contributed by atoms with Crippen LogP contribution in [-0.2, 0) is 4.79 Å². The molecule has 0 radical (unpaired) electrons.